The molecule has 0 spiro atoms. The van der Waals surface area contributed by atoms with Crippen molar-refractivity contribution in [1.29, 1.82) is 0 Å². The molecule has 27 heavy (non-hydrogen) atoms. The van der Waals surface area contributed by atoms with Crippen LogP contribution in [0.15, 0.2) is 46.6 Å². The largest absolute Gasteiger partial charge is 0.353 e. The molecule has 0 aliphatic carbocycles. The summed E-state index contributed by atoms with van der Waals surface area (Å²) >= 11 is 0. The Morgan fingerprint density at radius 3 is 1.85 bits per heavy atom. The Kier molecular flexibility index (Phi) is 13.2. The van der Waals surface area contributed by atoms with E-state index in [1.807, 2.05) is 0 Å². The van der Waals surface area contributed by atoms with E-state index in [1.165, 1.54) is 54.4 Å². The van der Waals surface area contributed by atoms with Gasteiger partial charge in [-0.2, -0.15) is 0 Å². The van der Waals surface area contributed by atoms with E-state index < -0.39 is 0 Å². The molecule has 0 aromatic heterocycles. The van der Waals surface area contributed by atoms with Gasteiger partial charge >= 0.3 is 0 Å². The summed E-state index contributed by atoms with van der Waals surface area (Å²) in [7, 11) is 0. The SMILES string of the molecule is CC(C)=CCCC(C)=CCCC(C)=CCCC(C)=CCOC1CCCCO1. The van der Waals surface area contributed by atoms with Crippen LogP contribution in [0.3, 0.4) is 0 Å². The molecule has 0 aromatic rings. The van der Waals surface area contributed by atoms with Gasteiger partial charge in [0.1, 0.15) is 0 Å². The molecule has 154 valence electrons. The minimum absolute atomic E-state index is 0.0171. The Labute approximate surface area is 168 Å². The highest BCUT2D eigenvalue weighted by Gasteiger charge is 2.12. The fourth-order valence-corrected chi connectivity index (χ4v) is 3.13. The molecule has 1 unspecified atom stereocenters. The van der Waals surface area contributed by atoms with E-state index in [1.54, 1.807) is 0 Å². The molecule has 0 aromatic carbocycles. The Balaban J connectivity index is 2.15. The molecule has 0 N–H and O–H groups in total. The zero-order valence-electron chi connectivity index (χ0n) is 18.5. The van der Waals surface area contributed by atoms with Crippen molar-refractivity contribution in [1.82, 2.24) is 0 Å². The van der Waals surface area contributed by atoms with Gasteiger partial charge in [0.15, 0.2) is 6.29 Å². The molecule has 1 aliphatic heterocycles. The van der Waals surface area contributed by atoms with Gasteiger partial charge in [0.25, 0.3) is 0 Å². The van der Waals surface area contributed by atoms with Crippen LogP contribution in [0.5, 0.6) is 0 Å². The zero-order chi connectivity index (χ0) is 19.9. The van der Waals surface area contributed by atoms with Crippen molar-refractivity contribution in [3.8, 4) is 0 Å². The molecule has 1 saturated heterocycles. The fraction of sp³-hybridized carbons (Fsp3) is 0.680. The molecule has 1 aliphatic rings. The van der Waals surface area contributed by atoms with Crippen LogP contribution in [0.1, 0.15) is 92.4 Å². The molecule has 2 heteroatoms. The summed E-state index contributed by atoms with van der Waals surface area (Å²) in [5.74, 6) is 0. The van der Waals surface area contributed by atoms with Gasteiger partial charge in [0, 0.05) is 6.61 Å². The lowest BCUT2D eigenvalue weighted by atomic mass is 10.0. The van der Waals surface area contributed by atoms with Gasteiger partial charge in [-0.25, -0.2) is 0 Å². The minimum atomic E-state index is 0.0171. The lowest BCUT2D eigenvalue weighted by Crippen LogP contribution is -2.22. The average molecular weight is 375 g/mol. The molecule has 1 rings (SSSR count). The van der Waals surface area contributed by atoms with Crippen molar-refractivity contribution < 1.29 is 9.47 Å². The van der Waals surface area contributed by atoms with E-state index in [2.05, 4.69) is 58.9 Å². The molecule has 1 heterocycles. The van der Waals surface area contributed by atoms with E-state index in [9.17, 15) is 0 Å². The predicted octanol–water partition coefficient (Wildman–Crippen LogP) is 7.68. The monoisotopic (exact) mass is 374 g/mol. The summed E-state index contributed by atoms with van der Waals surface area (Å²) in [4.78, 5) is 0. The Morgan fingerprint density at radius 2 is 1.33 bits per heavy atom. The number of ether oxygens (including phenoxy) is 2. The highest BCUT2D eigenvalue weighted by atomic mass is 16.7. The van der Waals surface area contributed by atoms with Crippen molar-refractivity contribution in [3.05, 3.63) is 46.6 Å². The summed E-state index contributed by atoms with van der Waals surface area (Å²) in [5.41, 5.74) is 5.84. The van der Waals surface area contributed by atoms with Gasteiger partial charge < -0.3 is 9.47 Å². The third-order valence-corrected chi connectivity index (χ3v) is 5.01. The van der Waals surface area contributed by atoms with Crippen molar-refractivity contribution in [2.45, 2.75) is 98.7 Å². The van der Waals surface area contributed by atoms with Crippen molar-refractivity contribution in [3.63, 3.8) is 0 Å². The number of rotatable bonds is 12. The Hall–Kier alpha value is -1.12. The van der Waals surface area contributed by atoms with Gasteiger partial charge in [-0.15, -0.1) is 0 Å². The molecule has 2 nitrogen and oxygen atoms in total. The first-order chi connectivity index (χ1) is 13.0. The third-order valence-electron chi connectivity index (χ3n) is 5.01. The lowest BCUT2D eigenvalue weighted by Gasteiger charge is -2.22. The number of hydrogen-bond acceptors (Lipinski definition) is 2. The molecular weight excluding hydrogens is 332 g/mol. The second-order valence-corrected chi connectivity index (χ2v) is 8.18. The van der Waals surface area contributed by atoms with Crippen LogP contribution in [0.25, 0.3) is 0 Å². The molecule has 1 atom stereocenters. The normalized spacial score (nSPS) is 19.3. The van der Waals surface area contributed by atoms with Gasteiger partial charge in [0.05, 0.1) is 6.61 Å². The average Bonchev–Trinajstić information content (AvgIpc) is 2.62. The molecule has 0 radical (unpaired) electrons. The molecular formula is C25H42O2. The smallest absolute Gasteiger partial charge is 0.157 e. The van der Waals surface area contributed by atoms with Crippen molar-refractivity contribution in [2.75, 3.05) is 13.2 Å². The summed E-state index contributed by atoms with van der Waals surface area (Å²) in [6.45, 7) is 12.6. The maximum absolute atomic E-state index is 5.77. The van der Waals surface area contributed by atoms with Gasteiger partial charge in [-0.1, -0.05) is 46.6 Å². The second kappa shape index (κ2) is 14.9. The van der Waals surface area contributed by atoms with Crippen LogP contribution in [0.4, 0.5) is 0 Å². The molecule has 1 fully saturated rings. The van der Waals surface area contributed by atoms with E-state index in [4.69, 9.17) is 9.47 Å². The second-order valence-electron chi connectivity index (χ2n) is 8.18. The van der Waals surface area contributed by atoms with Crippen LogP contribution in [0, 0.1) is 0 Å². The summed E-state index contributed by atoms with van der Waals surface area (Å²) in [6.07, 6.45) is 19.7. The van der Waals surface area contributed by atoms with Crippen molar-refractivity contribution in [2.24, 2.45) is 0 Å². The fourth-order valence-electron chi connectivity index (χ4n) is 3.13. The standard InChI is InChI=1S/C25H42O2/c1-21(2)11-8-12-22(3)13-9-14-23(4)15-10-16-24(5)18-20-27-25-17-6-7-19-26-25/h11,13,15,18,25H,6-10,12,14,16-17,19-20H2,1-5H3. The van der Waals surface area contributed by atoms with Crippen LogP contribution in [0.2, 0.25) is 0 Å². The summed E-state index contributed by atoms with van der Waals surface area (Å²) in [6, 6.07) is 0. The summed E-state index contributed by atoms with van der Waals surface area (Å²) in [5, 5.41) is 0. The highest BCUT2D eigenvalue weighted by Crippen LogP contribution is 2.15. The quantitative estimate of drug-likeness (QED) is 0.326. The maximum Gasteiger partial charge on any atom is 0.157 e. The molecule has 0 amide bonds. The van der Waals surface area contributed by atoms with Crippen LogP contribution >= 0.6 is 0 Å². The van der Waals surface area contributed by atoms with E-state index in [-0.39, 0.29) is 6.29 Å². The van der Waals surface area contributed by atoms with Crippen molar-refractivity contribution >= 4 is 0 Å². The van der Waals surface area contributed by atoms with E-state index >= 15 is 0 Å². The van der Waals surface area contributed by atoms with Gasteiger partial charge in [-0.05, 0) is 92.4 Å². The Bertz CT molecular complexity index is 512. The first kappa shape index (κ1) is 23.9. The highest BCUT2D eigenvalue weighted by molar-refractivity contribution is 5.07. The number of hydrogen-bond donors (Lipinski definition) is 0. The predicted molar refractivity (Wildman–Crippen MR) is 118 cm³/mol. The van der Waals surface area contributed by atoms with Gasteiger partial charge in [0.2, 0.25) is 0 Å². The first-order valence-corrected chi connectivity index (χ1v) is 10.8. The van der Waals surface area contributed by atoms with Crippen LogP contribution in [-0.4, -0.2) is 19.5 Å². The minimum Gasteiger partial charge on any atom is -0.353 e. The van der Waals surface area contributed by atoms with E-state index in [0.29, 0.717) is 6.61 Å². The van der Waals surface area contributed by atoms with Crippen LogP contribution < -0.4 is 0 Å². The third kappa shape index (κ3) is 13.7. The molecule has 0 bridgehead atoms. The lowest BCUT2D eigenvalue weighted by molar-refractivity contribution is -0.155. The zero-order valence-corrected chi connectivity index (χ0v) is 18.5. The topological polar surface area (TPSA) is 18.5 Å². The van der Waals surface area contributed by atoms with Gasteiger partial charge in [-0.3, -0.25) is 0 Å². The maximum atomic E-state index is 5.77. The molecule has 0 saturated carbocycles. The summed E-state index contributed by atoms with van der Waals surface area (Å²) < 4.78 is 11.4. The van der Waals surface area contributed by atoms with Crippen LogP contribution in [-0.2, 0) is 9.47 Å². The van der Waals surface area contributed by atoms with E-state index in [0.717, 1.165) is 32.3 Å². The first-order valence-electron chi connectivity index (χ1n) is 10.8. The Morgan fingerprint density at radius 1 is 0.778 bits per heavy atom. The number of allylic oxidation sites excluding steroid dienone is 7.